The molecule has 0 aromatic heterocycles. The molecular weight excluding hydrogens is 286 g/mol. The van der Waals surface area contributed by atoms with E-state index in [4.69, 9.17) is 31.0 Å². The van der Waals surface area contributed by atoms with Crippen LogP contribution in [-0.4, -0.2) is 21.4 Å². The van der Waals surface area contributed by atoms with Gasteiger partial charge in [0.25, 0.3) is 0 Å². The molecule has 6 nitrogen and oxygen atoms in total. The van der Waals surface area contributed by atoms with Crippen molar-refractivity contribution >= 4 is 28.9 Å². The van der Waals surface area contributed by atoms with Crippen LogP contribution in [0, 0.1) is 0 Å². The van der Waals surface area contributed by atoms with Gasteiger partial charge in [0.1, 0.15) is 11.2 Å². The Bertz CT molecular complexity index is 794. The SMILES string of the molecule is O=C(O)O.O=c1ccc2nc3cc(Cl)ccc3oc-2c1. The molecule has 3 rings (SSSR count). The summed E-state index contributed by atoms with van der Waals surface area (Å²) in [6.45, 7) is 0. The fourth-order valence-corrected chi connectivity index (χ4v) is 1.75. The quantitative estimate of drug-likeness (QED) is 0.617. The van der Waals surface area contributed by atoms with Crippen molar-refractivity contribution < 1.29 is 19.4 Å². The van der Waals surface area contributed by atoms with Gasteiger partial charge in [-0.15, -0.1) is 0 Å². The number of hydrogen-bond acceptors (Lipinski definition) is 4. The van der Waals surface area contributed by atoms with Gasteiger partial charge in [0.05, 0.1) is 0 Å². The van der Waals surface area contributed by atoms with Crippen molar-refractivity contribution in [2.75, 3.05) is 0 Å². The second-order valence-corrected chi connectivity index (χ2v) is 4.17. The van der Waals surface area contributed by atoms with Crippen LogP contribution in [0.25, 0.3) is 22.6 Å². The van der Waals surface area contributed by atoms with Gasteiger partial charge in [0.2, 0.25) is 0 Å². The largest absolute Gasteiger partial charge is 0.503 e. The molecule has 0 saturated heterocycles. The fraction of sp³-hybridized carbons (Fsp3) is 0. The zero-order valence-corrected chi connectivity index (χ0v) is 10.7. The smallest absolute Gasteiger partial charge is 0.453 e. The minimum atomic E-state index is -1.83. The lowest BCUT2D eigenvalue weighted by atomic mass is 10.2. The van der Waals surface area contributed by atoms with Crippen LogP contribution in [0.4, 0.5) is 4.79 Å². The van der Waals surface area contributed by atoms with E-state index in [9.17, 15) is 4.79 Å². The van der Waals surface area contributed by atoms with Crippen LogP contribution in [0.15, 0.2) is 45.6 Å². The van der Waals surface area contributed by atoms with E-state index >= 15 is 0 Å². The third-order valence-corrected chi connectivity index (χ3v) is 2.55. The third kappa shape index (κ3) is 3.24. The van der Waals surface area contributed by atoms with Crippen molar-refractivity contribution in [1.82, 2.24) is 4.98 Å². The summed E-state index contributed by atoms with van der Waals surface area (Å²) in [5.41, 5.74) is 1.85. The maximum absolute atomic E-state index is 11.2. The van der Waals surface area contributed by atoms with Crippen molar-refractivity contribution in [2.45, 2.75) is 0 Å². The summed E-state index contributed by atoms with van der Waals surface area (Å²) < 4.78 is 5.56. The minimum absolute atomic E-state index is 0.0913. The molecule has 0 atom stereocenters. The van der Waals surface area contributed by atoms with Gasteiger partial charge in [-0.3, -0.25) is 4.79 Å². The van der Waals surface area contributed by atoms with E-state index in [-0.39, 0.29) is 5.43 Å². The summed E-state index contributed by atoms with van der Waals surface area (Å²) in [4.78, 5) is 24.1. The Kier molecular flexibility index (Phi) is 3.86. The van der Waals surface area contributed by atoms with Crippen LogP contribution < -0.4 is 5.43 Å². The molecule has 0 radical (unpaired) electrons. The summed E-state index contributed by atoms with van der Waals surface area (Å²) in [6.07, 6.45) is -1.83. The fourth-order valence-electron chi connectivity index (χ4n) is 1.58. The van der Waals surface area contributed by atoms with E-state index < -0.39 is 6.16 Å². The number of carbonyl (C=O) groups is 1. The number of rotatable bonds is 0. The third-order valence-electron chi connectivity index (χ3n) is 2.31. The second kappa shape index (κ2) is 5.58. The Morgan fingerprint density at radius 3 is 2.55 bits per heavy atom. The topological polar surface area (TPSA) is 101 Å². The molecule has 0 bridgehead atoms. The molecule has 1 aliphatic heterocycles. The van der Waals surface area contributed by atoms with Crippen LogP contribution >= 0.6 is 11.6 Å². The number of benzene rings is 2. The van der Waals surface area contributed by atoms with Gasteiger partial charge in [0, 0.05) is 11.1 Å². The Hall–Kier alpha value is -2.60. The summed E-state index contributed by atoms with van der Waals surface area (Å²) in [5.74, 6) is 0.488. The molecule has 0 amide bonds. The Labute approximate surface area is 117 Å². The van der Waals surface area contributed by atoms with E-state index in [1.807, 2.05) is 0 Å². The van der Waals surface area contributed by atoms with E-state index in [1.54, 1.807) is 24.3 Å². The maximum Gasteiger partial charge on any atom is 0.503 e. The summed E-state index contributed by atoms with van der Waals surface area (Å²) in [7, 11) is 0. The molecule has 1 aliphatic carbocycles. The summed E-state index contributed by atoms with van der Waals surface area (Å²) in [5, 5.41) is 14.6. The molecule has 1 aromatic rings. The molecule has 0 saturated carbocycles. The van der Waals surface area contributed by atoms with Crippen molar-refractivity contribution in [3.8, 4) is 11.5 Å². The second-order valence-electron chi connectivity index (χ2n) is 3.74. The van der Waals surface area contributed by atoms with Gasteiger partial charge in [-0.2, -0.15) is 0 Å². The molecule has 1 heterocycles. The molecule has 102 valence electrons. The van der Waals surface area contributed by atoms with E-state index in [1.165, 1.54) is 12.1 Å². The van der Waals surface area contributed by atoms with Gasteiger partial charge in [0.15, 0.2) is 16.8 Å². The molecule has 1 aromatic carbocycles. The first-order chi connectivity index (χ1) is 9.45. The van der Waals surface area contributed by atoms with Crippen LogP contribution in [0.5, 0.6) is 0 Å². The molecular formula is C13H8ClNO5. The zero-order valence-electron chi connectivity index (χ0n) is 9.91. The molecule has 20 heavy (non-hydrogen) atoms. The van der Waals surface area contributed by atoms with Crippen LogP contribution in [-0.2, 0) is 0 Å². The van der Waals surface area contributed by atoms with E-state index in [2.05, 4.69) is 4.98 Å². The van der Waals surface area contributed by atoms with Crippen LogP contribution in [0.3, 0.4) is 0 Å². The monoisotopic (exact) mass is 293 g/mol. The lowest BCUT2D eigenvalue weighted by molar-refractivity contribution is 0.137. The molecule has 2 N–H and O–H groups in total. The van der Waals surface area contributed by atoms with Crippen molar-refractivity contribution in [3.63, 3.8) is 0 Å². The zero-order chi connectivity index (χ0) is 14.7. The number of fused-ring (bicyclic) bond motifs is 2. The average Bonchev–Trinajstić information content (AvgIpc) is 2.36. The normalized spacial score (nSPS) is 10.1. The summed E-state index contributed by atoms with van der Waals surface area (Å²) in [6, 6.07) is 9.72. The number of nitrogens with zero attached hydrogens (tertiary/aromatic N) is 1. The molecule has 7 heteroatoms. The van der Waals surface area contributed by atoms with E-state index in [0.29, 0.717) is 27.6 Å². The van der Waals surface area contributed by atoms with Crippen molar-refractivity contribution in [2.24, 2.45) is 0 Å². The predicted octanol–water partition coefficient (Wildman–Crippen LogP) is 3.17. The number of hydrogen-bond donors (Lipinski definition) is 2. The highest BCUT2D eigenvalue weighted by molar-refractivity contribution is 6.31. The average molecular weight is 294 g/mol. The van der Waals surface area contributed by atoms with Crippen LogP contribution in [0.1, 0.15) is 0 Å². The Balaban J connectivity index is 0.000000328. The molecule has 0 unspecified atom stereocenters. The first kappa shape index (κ1) is 13.8. The first-order valence-corrected chi connectivity index (χ1v) is 5.75. The number of carboxylic acid groups (broad SMARTS) is 2. The van der Waals surface area contributed by atoms with Gasteiger partial charge < -0.3 is 14.6 Å². The van der Waals surface area contributed by atoms with Crippen molar-refractivity contribution in [1.29, 1.82) is 0 Å². The lowest BCUT2D eigenvalue weighted by Crippen LogP contribution is -1.99. The van der Waals surface area contributed by atoms with Crippen LogP contribution in [0.2, 0.25) is 5.02 Å². The lowest BCUT2D eigenvalue weighted by Gasteiger charge is -2.04. The first-order valence-electron chi connectivity index (χ1n) is 5.38. The Morgan fingerprint density at radius 1 is 1.15 bits per heavy atom. The highest BCUT2D eigenvalue weighted by Crippen LogP contribution is 2.25. The van der Waals surface area contributed by atoms with Gasteiger partial charge in [-0.25, -0.2) is 9.78 Å². The van der Waals surface area contributed by atoms with Gasteiger partial charge in [-0.05, 0) is 30.3 Å². The van der Waals surface area contributed by atoms with Gasteiger partial charge >= 0.3 is 6.16 Å². The highest BCUT2D eigenvalue weighted by atomic mass is 35.5. The van der Waals surface area contributed by atoms with Gasteiger partial charge in [-0.1, -0.05) is 11.6 Å². The maximum atomic E-state index is 11.2. The van der Waals surface area contributed by atoms with E-state index in [0.717, 1.165) is 0 Å². The van der Waals surface area contributed by atoms with Crippen molar-refractivity contribution in [3.05, 3.63) is 51.6 Å². The minimum Gasteiger partial charge on any atom is -0.453 e. The predicted molar refractivity (Wildman–Crippen MR) is 72.6 cm³/mol. The molecule has 0 spiro atoms. The number of halogens is 1. The molecule has 0 fully saturated rings. The highest BCUT2D eigenvalue weighted by Gasteiger charge is 2.08. The Morgan fingerprint density at radius 2 is 1.85 bits per heavy atom. The standard InChI is InChI=1S/C12H6ClNO2.CH2O3/c13-7-1-4-11-10(5-7)14-9-3-2-8(15)6-12(9)16-11;2-1(3)4/h1-6H;(H2,2,3,4). The number of aromatic nitrogens is 1. The summed E-state index contributed by atoms with van der Waals surface area (Å²) >= 11 is 5.86. The molecule has 2 aliphatic rings.